The van der Waals surface area contributed by atoms with Gasteiger partial charge in [0.1, 0.15) is 0 Å². The van der Waals surface area contributed by atoms with E-state index in [1.807, 2.05) is 11.4 Å². The maximum Gasteiger partial charge on any atom is 0.337 e. The Bertz CT molecular complexity index is 793. The van der Waals surface area contributed by atoms with Crippen LogP contribution in [0.15, 0.2) is 40.6 Å². The van der Waals surface area contributed by atoms with Gasteiger partial charge in [-0.25, -0.2) is 13.2 Å². The lowest BCUT2D eigenvalue weighted by Gasteiger charge is -2.26. The van der Waals surface area contributed by atoms with Crippen molar-refractivity contribution < 1.29 is 17.9 Å². The molecule has 0 amide bonds. The topological polar surface area (TPSA) is 63.7 Å². The van der Waals surface area contributed by atoms with Gasteiger partial charge in [-0.1, -0.05) is 0 Å². The Balaban J connectivity index is 1.86. The van der Waals surface area contributed by atoms with Gasteiger partial charge in [-0.15, -0.1) is 11.3 Å². The highest BCUT2D eigenvalue weighted by Crippen LogP contribution is 2.28. The van der Waals surface area contributed by atoms with Gasteiger partial charge in [0.15, 0.2) is 0 Å². The Kier molecular flexibility index (Phi) is 4.03. The van der Waals surface area contributed by atoms with Crippen molar-refractivity contribution in [3.8, 4) is 0 Å². The van der Waals surface area contributed by atoms with Crippen LogP contribution < -0.4 is 0 Å². The lowest BCUT2D eigenvalue weighted by molar-refractivity contribution is 0.0600. The molecule has 5 nitrogen and oxygen atoms in total. The second-order valence-electron chi connectivity index (χ2n) is 4.97. The smallest absolute Gasteiger partial charge is 0.337 e. The number of esters is 1. The van der Waals surface area contributed by atoms with Crippen molar-refractivity contribution in [2.24, 2.45) is 0 Å². The minimum absolute atomic E-state index is 0.193. The van der Waals surface area contributed by atoms with E-state index in [-0.39, 0.29) is 4.90 Å². The van der Waals surface area contributed by atoms with Crippen LogP contribution >= 0.6 is 11.3 Å². The van der Waals surface area contributed by atoms with Gasteiger partial charge in [0.25, 0.3) is 0 Å². The first-order valence-corrected chi connectivity index (χ1v) is 9.08. The summed E-state index contributed by atoms with van der Waals surface area (Å²) in [6.07, 6.45) is 0.743. The molecule has 0 aliphatic carbocycles. The predicted molar refractivity (Wildman–Crippen MR) is 83.4 cm³/mol. The fraction of sp³-hybridized carbons (Fsp3) is 0.267. The van der Waals surface area contributed by atoms with Crippen molar-refractivity contribution >= 4 is 27.3 Å². The summed E-state index contributed by atoms with van der Waals surface area (Å²) in [5, 5.41) is 1.99. The van der Waals surface area contributed by atoms with E-state index in [0.717, 1.165) is 12.0 Å². The minimum atomic E-state index is -3.55. The van der Waals surface area contributed by atoms with Crippen LogP contribution in [0, 0.1) is 0 Å². The zero-order chi connectivity index (χ0) is 15.7. The van der Waals surface area contributed by atoms with Crippen LogP contribution in [0.25, 0.3) is 0 Å². The summed E-state index contributed by atoms with van der Waals surface area (Å²) in [5.74, 6) is -0.482. The maximum atomic E-state index is 12.7. The molecule has 1 aromatic heterocycles. The third-order valence-electron chi connectivity index (χ3n) is 3.69. The summed E-state index contributed by atoms with van der Waals surface area (Å²) in [4.78, 5) is 12.9. The zero-order valence-corrected chi connectivity index (χ0v) is 13.6. The van der Waals surface area contributed by atoms with Crippen LogP contribution in [0.3, 0.4) is 0 Å². The number of hydrogen-bond donors (Lipinski definition) is 0. The summed E-state index contributed by atoms with van der Waals surface area (Å²) in [6, 6.07) is 7.81. The number of fused-ring (bicyclic) bond motifs is 1. The number of benzene rings is 1. The molecule has 7 heteroatoms. The summed E-state index contributed by atoms with van der Waals surface area (Å²) in [6.45, 7) is 0.883. The Labute approximate surface area is 133 Å². The van der Waals surface area contributed by atoms with Gasteiger partial charge in [0.2, 0.25) is 10.0 Å². The largest absolute Gasteiger partial charge is 0.465 e. The van der Waals surface area contributed by atoms with Gasteiger partial charge >= 0.3 is 5.97 Å². The first-order chi connectivity index (χ1) is 10.5. The number of thiophene rings is 1. The molecule has 22 heavy (non-hydrogen) atoms. The van der Waals surface area contributed by atoms with Gasteiger partial charge in [-0.05, 0) is 47.7 Å². The highest BCUT2D eigenvalue weighted by atomic mass is 32.2. The molecule has 1 aromatic carbocycles. The number of hydrogen-bond acceptors (Lipinski definition) is 5. The first kappa shape index (κ1) is 15.2. The molecule has 0 radical (unpaired) electrons. The first-order valence-electron chi connectivity index (χ1n) is 6.76. The van der Waals surface area contributed by atoms with Crippen molar-refractivity contribution in [3.05, 3.63) is 51.7 Å². The molecule has 1 aliphatic rings. The van der Waals surface area contributed by atoms with Crippen LogP contribution in [0.2, 0.25) is 0 Å². The molecule has 0 saturated heterocycles. The van der Waals surface area contributed by atoms with Crippen molar-refractivity contribution in [1.29, 1.82) is 0 Å². The Hall–Kier alpha value is -1.70. The van der Waals surface area contributed by atoms with Crippen molar-refractivity contribution in [2.45, 2.75) is 17.9 Å². The number of carbonyl (C=O) groups excluding carboxylic acids is 1. The number of sulfonamides is 1. The normalized spacial score (nSPS) is 15.3. The fourth-order valence-electron chi connectivity index (χ4n) is 2.46. The highest BCUT2D eigenvalue weighted by Gasteiger charge is 2.28. The Morgan fingerprint density at radius 1 is 1.23 bits per heavy atom. The van der Waals surface area contributed by atoms with Gasteiger partial charge in [0, 0.05) is 18.0 Å². The fourth-order valence-corrected chi connectivity index (χ4v) is 4.77. The van der Waals surface area contributed by atoms with E-state index in [2.05, 4.69) is 4.74 Å². The summed E-state index contributed by atoms with van der Waals surface area (Å²) < 4.78 is 31.5. The average Bonchev–Trinajstić information content (AvgIpc) is 3.01. The molecule has 116 valence electrons. The van der Waals surface area contributed by atoms with E-state index in [1.165, 1.54) is 40.6 Å². The molecular formula is C15H15NO4S2. The molecule has 0 saturated carbocycles. The molecule has 0 fully saturated rings. The zero-order valence-electron chi connectivity index (χ0n) is 12.0. The minimum Gasteiger partial charge on any atom is -0.465 e. The van der Waals surface area contributed by atoms with Crippen LogP contribution in [0.4, 0.5) is 0 Å². The predicted octanol–water partition coefficient (Wildman–Crippen LogP) is 2.28. The van der Waals surface area contributed by atoms with Gasteiger partial charge < -0.3 is 4.74 Å². The molecule has 2 heterocycles. The van der Waals surface area contributed by atoms with Crippen molar-refractivity contribution in [3.63, 3.8) is 0 Å². The standard InChI is InChI=1S/C15H15NO4S2/c1-20-15(17)11-2-4-13(5-3-11)22(18,19)16-8-6-14-12(10-16)7-9-21-14/h2-5,7,9H,6,8,10H2,1H3. The number of methoxy groups -OCH3 is 1. The van der Waals surface area contributed by atoms with E-state index in [9.17, 15) is 13.2 Å². The molecule has 1 aliphatic heterocycles. The molecule has 0 unspecified atom stereocenters. The molecule has 3 rings (SSSR count). The number of rotatable bonds is 3. The molecule has 0 atom stereocenters. The summed E-state index contributed by atoms with van der Waals surface area (Å²) in [5.41, 5.74) is 1.41. The highest BCUT2D eigenvalue weighted by molar-refractivity contribution is 7.89. The van der Waals surface area contributed by atoms with Crippen LogP contribution in [-0.2, 0) is 27.7 Å². The van der Waals surface area contributed by atoms with Gasteiger partial charge in [-0.2, -0.15) is 4.31 Å². The van der Waals surface area contributed by atoms with E-state index in [1.54, 1.807) is 11.3 Å². The quantitative estimate of drug-likeness (QED) is 0.806. The van der Waals surface area contributed by atoms with E-state index >= 15 is 0 Å². The average molecular weight is 337 g/mol. The second-order valence-corrected chi connectivity index (χ2v) is 7.91. The van der Waals surface area contributed by atoms with Crippen molar-refractivity contribution in [2.75, 3.05) is 13.7 Å². The van der Waals surface area contributed by atoms with E-state index < -0.39 is 16.0 Å². The number of ether oxygens (including phenoxy) is 1. The van der Waals surface area contributed by atoms with Crippen molar-refractivity contribution in [1.82, 2.24) is 4.31 Å². The maximum absolute atomic E-state index is 12.7. The number of nitrogens with zero attached hydrogens (tertiary/aromatic N) is 1. The van der Waals surface area contributed by atoms with Crippen LogP contribution in [0.1, 0.15) is 20.8 Å². The molecule has 0 N–H and O–H groups in total. The SMILES string of the molecule is COC(=O)c1ccc(S(=O)(=O)N2CCc3sccc3C2)cc1. The Morgan fingerprint density at radius 3 is 2.64 bits per heavy atom. The van der Waals surface area contributed by atoms with E-state index in [4.69, 9.17) is 0 Å². The molecule has 2 aromatic rings. The second kappa shape index (κ2) is 5.83. The molecule has 0 bridgehead atoms. The van der Waals surface area contributed by atoms with E-state index in [0.29, 0.717) is 18.7 Å². The molecule has 0 spiro atoms. The third kappa shape index (κ3) is 2.67. The monoisotopic (exact) mass is 337 g/mol. The van der Waals surface area contributed by atoms with Gasteiger partial charge in [0.05, 0.1) is 17.6 Å². The lowest BCUT2D eigenvalue weighted by atomic mass is 10.1. The van der Waals surface area contributed by atoms with Crippen LogP contribution in [0.5, 0.6) is 0 Å². The lowest BCUT2D eigenvalue weighted by Crippen LogP contribution is -2.35. The summed E-state index contributed by atoms with van der Waals surface area (Å²) >= 11 is 1.67. The molecular weight excluding hydrogens is 322 g/mol. The van der Waals surface area contributed by atoms with Gasteiger partial charge in [-0.3, -0.25) is 0 Å². The number of carbonyl (C=O) groups is 1. The Morgan fingerprint density at radius 2 is 1.95 bits per heavy atom. The third-order valence-corrected chi connectivity index (χ3v) is 6.57. The summed E-state index contributed by atoms with van der Waals surface area (Å²) in [7, 11) is -2.26. The van der Waals surface area contributed by atoms with Crippen LogP contribution in [-0.4, -0.2) is 32.3 Å².